The quantitative estimate of drug-likeness (QED) is 0.779. The van der Waals surface area contributed by atoms with E-state index < -0.39 is 0 Å². The van der Waals surface area contributed by atoms with Gasteiger partial charge in [-0.25, -0.2) is 0 Å². The SMILES string of the molecule is O=C(CN1CCSCC1)c1ccc2c(c1)CCO2. The van der Waals surface area contributed by atoms with Crippen molar-refractivity contribution < 1.29 is 9.53 Å². The fourth-order valence-electron chi connectivity index (χ4n) is 2.41. The standard InChI is InChI=1S/C14H17NO2S/c16-13(10-15-4-7-18-8-5-15)11-1-2-14-12(9-11)3-6-17-14/h1-2,9H,3-8,10H2. The second kappa shape index (κ2) is 5.33. The van der Waals surface area contributed by atoms with Gasteiger partial charge in [-0.15, -0.1) is 0 Å². The summed E-state index contributed by atoms with van der Waals surface area (Å²) in [5.74, 6) is 3.47. The van der Waals surface area contributed by atoms with Crippen LogP contribution in [-0.4, -0.2) is 48.4 Å². The predicted octanol–water partition coefficient (Wildman–Crippen LogP) is 1.85. The molecule has 0 spiro atoms. The number of hydrogen-bond donors (Lipinski definition) is 0. The van der Waals surface area contributed by atoms with Gasteiger partial charge >= 0.3 is 0 Å². The van der Waals surface area contributed by atoms with Crippen LogP contribution in [0.1, 0.15) is 15.9 Å². The van der Waals surface area contributed by atoms with E-state index in [1.54, 1.807) is 0 Å². The van der Waals surface area contributed by atoms with Crippen LogP contribution in [0.4, 0.5) is 0 Å². The lowest BCUT2D eigenvalue weighted by Crippen LogP contribution is -2.36. The highest BCUT2D eigenvalue weighted by Gasteiger charge is 2.18. The van der Waals surface area contributed by atoms with Crippen LogP contribution in [-0.2, 0) is 6.42 Å². The van der Waals surface area contributed by atoms with Gasteiger partial charge in [-0.2, -0.15) is 11.8 Å². The summed E-state index contributed by atoms with van der Waals surface area (Å²) in [6, 6.07) is 5.83. The molecule has 1 fully saturated rings. The fraction of sp³-hybridized carbons (Fsp3) is 0.500. The Balaban J connectivity index is 1.68. The third-order valence-electron chi connectivity index (χ3n) is 3.48. The zero-order valence-corrected chi connectivity index (χ0v) is 11.2. The van der Waals surface area contributed by atoms with E-state index in [0.717, 1.165) is 48.9 Å². The molecule has 0 aromatic heterocycles. The van der Waals surface area contributed by atoms with Gasteiger partial charge in [-0.1, -0.05) is 0 Å². The molecule has 1 aromatic carbocycles. The summed E-state index contributed by atoms with van der Waals surface area (Å²) in [7, 11) is 0. The number of ether oxygens (including phenoxy) is 1. The van der Waals surface area contributed by atoms with Crippen LogP contribution in [0.15, 0.2) is 18.2 Å². The molecule has 2 aliphatic rings. The Morgan fingerprint density at radius 2 is 2.17 bits per heavy atom. The molecule has 3 nitrogen and oxygen atoms in total. The third-order valence-corrected chi connectivity index (χ3v) is 4.42. The van der Waals surface area contributed by atoms with Crippen LogP contribution in [0.25, 0.3) is 0 Å². The molecule has 4 heteroatoms. The van der Waals surface area contributed by atoms with Crippen molar-refractivity contribution in [1.82, 2.24) is 4.90 Å². The van der Waals surface area contributed by atoms with Crippen molar-refractivity contribution in [3.05, 3.63) is 29.3 Å². The van der Waals surface area contributed by atoms with Crippen molar-refractivity contribution in [1.29, 1.82) is 0 Å². The summed E-state index contributed by atoms with van der Waals surface area (Å²) >= 11 is 1.97. The summed E-state index contributed by atoms with van der Waals surface area (Å²) in [6.07, 6.45) is 0.927. The van der Waals surface area contributed by atoms with Gasteiger partial charge in [0, 0.05) is 36.6 Å². The van der Waals surface area contributed by atoms with E-state index in [0.29, 0.717) is 6.54 Å². The van der Waals surface area contributed by atoms with Crippen LogP contribution < -0.4 is 4.74 Å². The first-order valence-electron chi connectivity index (χ1n) is 6.42. The molecule has 0 N–H and O–H groups in total. The van der Waals surface area contributed by atoms with Crippen molar-refractivity contribution in [2.24, 2.45) is 0 Å². The lowest BCUT2D eigenvalue weighted by Gasteiger charge is -2.25. The minimum atomic E-state index is 0.233. The minimum Gasteiger partial charge on any atom is -0.493 e. The number of hydrogen-bond acceptors (Lipinski definition) is 4. The van der Waals surface area contributed by atoms with Crippen LogP contribution in [0.3, 0.4) is 0 Å². The zero-order valence-electron chi connectivity index (χ0n) is 10.4. The molecule has 0 radical (unpaired) electrons. The Labute approximate surface area is 111 Å². The van der Waals surface area contributed by atoms with Gasteiger partial charge in [-0.05, 0) is 23.8 Å². The fourth-order valence-corrected chi connectivity index (χ4v) is 3.39. The molecule has 0 aliphatic carbocycles. The molecule has 0 amide bonds. The number of nitrogens with zero attached hydrogens (tertiary/aromatic N) is 1. The monoisotopic (exact) mass is 263 g/mol. The predicted molar refractivity (Wildman–Crippen MR) is 73.7 cm³/mol. The summed E-state index contributed by atoms with van der Waals surface area (Å²) in [5, 5.41) is 0. The van der Waals surface area contributed by atoms with Crippen LogP contribution in [0.2, 0.25) is 0 Å². The maximum absolute atomic E-state index is 12.2. The highest BCUT2D eigenvalue weighted by Crippen LogP contribution is 2.26. The first-order valence-corrected chi connectivity index (χ1v) is 7.57. The maximum atomic E-state index is 12.2. The van der Waals surface area contributed by atoms with E-state index in [9.17, 15) is 4.79 Å². The van der Waals surface area contributed by atoms with E-state index in [-0.39, 0.29) is 5.78 Å². The first-order chi connectivity index (χ1) is 8.83. The molecule has 3 rings (SSSR count). The number of ketones is 1. The maximum Gasteiger partial charge on any atom is 0.176 e. The summed E-state index contributed by atoms with van der Waals surface area (Å²) in [5.41, 5.74) is 2.01. The number of benzene rings is 1. The van der Waals surface area contributed by atoms with Crippen LogP contribution in [0.5, 0.6) is 5.75 Å². The van der Waals surface area contributed by atoms with Gasteiger partial charge < -0.3 is 4.74 Å². The number of Topliss-reactive ketones (excluding diaryl/α,β-unsaturated/α-hetero) is 1. The molecule has 0 unspecified atom stereocenters. The number of carbonyl (C=O) groups excluding carboxylic acids is 1. The van der Waals surface area contributed by atoms with Gasteiger partial charge in [-0.3, -0.25) is 9.69 Å². The smallest absolute Gasteiger partial charge is 0.176 e. The lowest BCUT2D eigenvalue weighted by atomic mass is 10.1. The van der Waals surface area contributed by atoms with E-state index in [1.165, 1.54) is 5.56 Å². The van der Waals surface area contributed by atoms with Crippen LogP contribution >= 0.6 is 11.8 Å². The Bertz CT molecular complexity index is 455. The Kier molecular flexibility index (Phi) is 3.57. The zero-order chi connectivity index (χ0) is 12.4. The molecule has 0 saturated carbocycles. The van der Waals surface area contributed by atoms with E-state index in [2.05, 4.69) is 4.90 Å². The number of rotatable bonds is 3. The van der Waals surface area contributed by atoms with E-state index >= 15 is 0 Å². The van der Waals surface area contributed by atoms with Crippen molar-refractivity contribution >= 4 is 17.5 Å². The second-order valence-corrected chi connectivity index (χ2v) is 5.96. The average Bonchev–Trinajstić information content (AvgIpc) is 2.87. The minimum absolute atomic E-state index is 0.233. The van der Waals surface area contributed by atoms with E-state index in [4.69, 9.17) is 4.74 Å². The number of fused-ring (bicyclic) bond motifs is 1. The number of carbonyl (C=O) groups is 1. The molecular formula is C14H17NO2S. The summed E-state index contributed by atoms with van der Waals surface area (Å²) < 4.78 is 5.46. The first kappa shape index (κ1) is 12.1. The second-order valence-electron chi connectivity index (χ2n) is 4.73. The third kappa shape index (κ3) is 2.54. The largest absolute Gasteiger partial charge is 0.493 e. The molecule has 1 saturated heterocycles. The molecule has 18 heavy (non-hydrogen) atoms. The van der Waals surface area contributed by atoms with Crippen molar-refractivity contribution in [2.75, 3.05) is 37.7 Å². The van der Waals surface area contributed by atoms with Crippen molar-refractivity contribution in [3.8, 4) is 5.75 Å². The highest BCUT2D eigenvalue weighted by atomic mass is 32.2. The normalized spacial score (nSPS) is 19.3. The Morgan fingerprint density at radius 3 is 3.00 bits per heavy atom. The van der Waals surface area contributed by atoms with Gasteiger partial charge in [0.05, 0.1) is 13.2 Å². The Morgan fingerprint density at radius 1 is 1.33 bits per heavy atom. The molecule has 2 aliphatic heterocycles. The van der Waals surface area contributed by atoms with Gasteiger partial charge in [0.1, 0.15) is 5.75 Å². The molecule has 0 bridgehead atoms. The molecular weight excluding hydrogens is 246 g/mol. The van der Waals surface area contributed by atoms with E-state index in [1.807, 2.05) is 30.0 Å². The molecule has 0 atom stereocenters. The summed E-state index contributed by atoms with van der Waals surface area (Å²) in [4.78, 5) is 14.5. The topological polar surface area (TPSA) is 29.5 Å². The molecule has 96 valence electrons. The summed E-state index contributed by atoms with van der Waals surface area (Å²) in [6.45, 7) is 3.37. The molecule has 1 aromatic rings. The highest BCUT2D eigenvalue weighted by molar-refractivity contribution is 7.99. The van der Waals surface area contributed by atoms with Gasteiger partial charge in [0.2, 0.25) is 0 Å². The van der Waals surface area contributed by atoms with Crippen molar-refractivity contribution in [2.45, 2.75) is 6.42 Å². The average molecular weight is 263 g/mol. The van der Waals surface area contributed by atoms with Crippen LogP contribution in [0, 0.1) is 0 Å². The lowest BCUT2D eigenvalue weighted by molar-refractivity contribution is 0.0937. The van der Waals surface area contributed by atoms with Crippen molar-refractivity contribution in [3.63, 3.8) is 0 Å². The van der Waals surface area contributed by atoms with Gasteiger partial charge in [0.15, 0.2) is 5.78 Å². The number of thioether (sulfide) groups is 1. The Hall–Kier alpha value is -1.00. The molecule has 2 heterocycles. The van der Waals surface area contributed by atoms with Gasteiger partial charge in [0.25, 0.3) is 0 Å².